The van der Waals surface area contributed by atoms with Crippen molar-refractivity contribution in [2.75, 3.05) is 12.4 Å². The summed E-state index contributed by atoms with van der Waals surface area (Å²) in [6, 6.07) is 16.3. The number of halogens is 1. The van der Waals surface area contributed by atoms with Crippen molar-refractivity contribution in [3.05, 3.63) is 81.3 Å². The van der Waals surface area contributed by atoms with Gasteiger partial charge in [0.1, 0.15) is 4.90 Å². The molecule has 3 aromatic carbocycles. The van der Waals surface area contributed by atoms with Crippen LogP contribution >= 0.6 is 15.9 Å². The third-order valence-electron chi connectivity index (χ3n) is 4.80. The summed E-state index contributed by atoms with van der Waals surface area (Å²) in [6.45, 7) is 6.58. The Morgan fingerprint density at radius 3 is 2.27 bits per heavy atom. The van der Waals surface area contributed by atoms with Gasteiger partial charge in [0.05, 0.1) is 11.6 Å². The zero-order valence-corrected chi connectivity index (χ0v) is 19.7. The lowest BCUT2D eigenvalue weighted by atomic mass is 10.1. The predicted molar refractivity (Wildman–Crippen MR) is 123 cm³/mol. The van der Waals surface area contributed by atoms with Gasteiger partial charge in [0.15, 0.2) is 11.5 Å². The van der Waals surface area contributed by atoms with Crippen molar-refractivity contribution in [1.29, 1.82) is 0 Å². The van der Waals surface area contributed by atoms with E-state index < -0.39 is 10.1 Å². The Morgan fingerprint density at radius 1 is 0.933 bits per heavy atom. The highest BCUT2D eigenvalue weighted by molar-refractivity contribution is 9.10. The van der Waals surface area contributed by atoms with Crippen LogP contribution in [-0.2, 0) is 16.7 Å². The number of aryl methyl sites for hydroxylation is 3. The van der Waals surface area contributed by atoms with Crippen molar-refractivity contribution in [2.24, 2.45) is 0 Å². The number of hydrogen-bond acceptors (Lipinski definition) is 5. The smallest absolute Gasteiger partial charge is 0.339 e. The Hall–Kier alpha value is -2.51. The average Bonchev–Trinajstić information content (AvgIpc) is 2.70. The SMILES string of the molecule is COc1cc(CNc2ccc(C)c(C)c2)cc(Br)c1OS(=O)(=O)c1ccc(C)cc1. The molecule has 3 aromatic rings. The second-order valence-electron chi connectivity index (χ2n) is 7.11. The molecule has 0 aliphatic carbocycles. The van der Waals surface area contributed by atoms with E-state index in [1.807, 2.05) is 19.1 Å². The number of anilines is 1. The van der Waals surface area contributed by atoms with Crippen molar-refractivity contribution in [3.63, 3.8) is 0 Å². The second-order valence-corrected chi connectivity index (χ2v) is 9.51. The van der Waals surface area contributed by atoms with E-state index in [1.54, 1.807) is 18.2 Å². The second kappa shape index (κ2) is 9.10. The third kappa shape index (κ3) is 5.15. The fourth-order valence-corrected chi connectivity index (χ4v) is 4.51. The number of methoxy groups -OCH3 is 1. The molecule has 0 aromatic heterocycles. The lowest BCUT2D eigenvalue weighted by molar-refractivity contribution is 0.389. The maximum Gasteiger partial charge on any atom is 0.339 e. The van der Waals surface area contributed by atoms with Crippen molar-refractivity contribution >= 4 is 31.7 Å². The zero-order valence-electron chi connectivity index (χ0n) is 17.3. The van der Waals surface area contributed by atoms with Crippen molar-refractivity contribution in [3.8, 4) is 11.5 Å². The largest absolute Gasteiger partial charge is 0.493 e. The van der Waals surface area contributed by atoms with Gasteiger partial charge in [-0.25, -0.2) is 0 Å². The van der Waals surface area contributed by atoms with E-state index in [9.17, 15) is 8.42 Å². The first kappa shape index (κ1) is 22.2. The summed E-state index contributed by atoms with van der Waals surface area (Å²) < 4.78 is 36.7. The summed E-state index contributed by atoms with van der Waals surface area (Å²) >= 11 is 3.43. The Morgan fingerprint density at radius 2 is 1.63 bits per heavy atom. The lowest BCUT2D eigenvalue weighted by Gasteiger charge is -2.15. The molecule has 0 unspecified atom stereocenters. The summed E-state index contributed by atoms with van der Waals surface area (Å²) in [5.74, 6) is 0.449. The van der Waals surface area contributed by atoms with E-state index in [4.69, 9.17) is 8.92 Å². The van der Waals surface area contributed by atoms with Crippen LogP contribution in [0.3, 0.4) is 0 Å². The third-order valence-corrected chi connectivity index (χ3v) is 6.62. The molecule has 0 aliphatic rings. The molecule has 0 radical (unpaired) electrons. The molecule has 0 atom stereocenters. The maximum absolute atomic E-state index is 12.7. The van der Waals surface area contributed by atoms with Crippen LogP contribution in [0, 0.1) is 20.8 Å². The highest BCUT2D eigenvalue weighted by Crippen LogP contribution is 2.38. The summed E-state index contributed by atoms with van der Waals surface area (Å²) in [5, 5.41) is 3.37. The van der Waals surface area contributed by atoms with Gasteiger partial charge in [0, 0.05) is 12.2 Å². The van der Waals surface area contributed by atoms with Crippen molar-refractivity contribution in [2.45, 2.75) is 32.2 Å². The van der Waals surface area contributed by atoms with Crippen LogP contribution in [0.1, 0.15) is 22.3 Å². The van der Waals surface area contributed by atoms with Crippen molar-refractivity contribution in [1.82, 2.24) is 0 Å². The Balaban J connectivity index is 1.83. The zero-order chi connectivity index (χ0) is 21.9. The molecule has 0 amide bonds. The molecule has 5 nitrogen and oxygen atoms in total. The van der Waals surface area contributed by atoms with Gasteiger partial charge in [0.25, 0.3) is 0 Å². The molecule has 0 heterocycles. The first-order chi connectivity index (χ1) is 14.2. The molecule has 0 saturated carbocycles. The standard InChI is InChI=1S/C23H24BrNO4S/c1-15-5-9-20(10-6-15)30(26,27)29-23-21(24)12-18(13-22(23)28-4)14-25-19-8-7-16(2)17(3)11-19/h5-13,25H,14H2,1-4H3. The van der Waals surface area contributed by atoms with Gasteiger partial charge in [-0.1, -0.05) is 23.8 Å². The van der Waals surface area contributed by atoms with Crippen LogP contribution in [0.5, 0.6) is 11.5 Å². The number of nitrogens with one attached hydrogen (secondary N) is 1. The Kier molecular flexibility index (Phi) is 6.73. The Bertz CT molecular complexity index is 1160. The molecule has 1 N–H and O–H groups in total. The maximum atomic E-state index is 12.7. The molecular weight excluding hydrogens is 466 g/mol. The van der Waals surface area contributed by atoms with Gasteiger partial charge in [-0.15, -0.1) is 0 Å². The lowest BCUT2D eigenvalue weighted by Crippen LogP contribution is -2.11. The summed E-state index contributed by atoms with van der Waals surface area (Å²) in [4.78, 5) is 0.0857. The highest BCUT2D eigenvalue weighted by atomic mass is 79.9. The van der Waals surface area contributed by atoms with Crippen LogP contribution in [0.25, 0.3) is 0 Å². The van der Waals surface area contributed by atoms with E-state index in [1.165, 1.54) is 30.4 Å². The predicted octanol–water partition coefficient (Wildman–Crippen LogP) is 5.76. The summed E-state index contributed by atoms with van der Waals surface area (Å²) in [6.07, 6.45) is 0. The van der Waals surface area contributed by atoms with E-state index in [2.05, 4.69) is 47.2 Å². The minimum Gasteiger partial charge on any atom is -0.493 e. The molecular formula is C23H24BrNO4S. The summed E-state index contributed by atoms with van der Waals surface area (Å²) in [7, 11) is -2.51. The molecule has 7 heteroatoms. The molecule has 3 rings (SSSR count). The van der Waals surface area contributed by atoms with Gasteiger partial charge in [-0.2, -0.15) is 8.42 Å². The molecule has 0 bridgehead atoms. The first-order valence-electron chi connectivity index (χ1n) is 9.38. The highest BCUT2D eigenvalue weighted by Gasteiger charge is 2.22. The minimum atomic E-state index is -3.99. The van der Waals surface area contributed by atoms with Crippen molar-refractivity contribution < 1.29 is 17.3 Å². The van der Waals surface area contributed by atoms with Gasteiger partial charge in [0.2, 0.25) is 0 Å². The number of benzene rings is 3. The first-order valence-corrected chi connectivity index (χ1v) is 11.6. The minimum absolute atomic E-state index is 0.0857. The summed E-state index contributed by atoms with van der Waals surface area (Å²) in [5.41, 5.74) is 5.34. The molecule has 0 fully saturated rings. The van der Waals surface area contributed by atoms with Gasteiger partial charge in [-0.3, -0.25) is 0 Å². The van der Waals surface area contributed by atoms with Gasteiger partial charge < -0.3 is 14.2 Å². The monoisotopic (exact) mass is 489 g/mol. The van der Waals surface area contributed by atoms with Crippen LogP contribution < -0.4 is 14.2 Å². The molecule has 0 saturated heterocycles. The quantitative estimate of drug-likeness (QED) is 0.427. The fraction of sp³-hybridized carbons (Fsp3) is 0.217. The number of hydrogen-bond donors (Lipinski definition) is 1. The van der Waals surface area contributed by atoms with Crippen LogP contribution in [0.15, 0.2) is 64.0 Å². The van der Waals surface area contributed by atoms with E-state index in [0.717, 1.165) is 16.8 Å². The van der Waals surface area contributed by atoms with Gasteiger partial charge in [-0.05, 0) is 89.8 Å². The normalized spacial score (nSPS) is 11.2. The van der Waals surface area contributed by atoms with E-state index in [-0.39, 0.29) is 10.6 Å². The number of ether oxygens (including phenoxy) is 1. The van der Waals surface area contributed by atoms with Crippen LogP contribution in [-0.4, -0.2) is 15.5 Å². The van der Waals surface area contributed by atoms with Crippen LogP contribution in [0.4, 0.5) is 5.69 Å². The Labute approximate surface area is 186 Å². The molecule has 158 valence electrons. The fourth-order valence-electron chi connectivity index (χ4n) is 2.87. The van der Waals surface area contributed by atoms with Gasteiger partial charge >= 0.3 is 10.1 Å². The van der Waals surface area contributed by atoms with E-state index >= 15 is 0 Å². The average molecular weight is 490 g/mol. The number of rotatable bonds is 7. The topological polar surface area (TPSA) is 64.6 Å². The molecule has 30 heavy (non-hydrogen) atoms. The van der Waals surface area contributed by atoms with E-state index in [0.29, 0.717) is 16.8 Å². The molecule has 0 aliphatic heterocycles. The molecule has 0 spiro atoms. The van der Waals surface area contributed by atoms with Crippen LogP contribution in [0.2, 0.25) is 0 Å².